The maximum absolute atomic E-state index is 12.7. The van der Waals surface area contributed by atoms with Crippen LogP contribution in [-0.2, 0) is 0 Å². The van der Waals surface area contributed by atoms with Crippen LogP contribution in [0.25, 0.3) is 0 Å². The van der Waals surface area contributed by atoms with Crippen molar-refractivity contribution in [1.82, 2.24) is 19.8 Å². The number of aromatic nitrogens is 2. The molecule has 180 valence electrons. The van der Waals surface area contributed by atoms with Gasteiger partial charge in [0.25, 0.3) is 11.8 Å². The quantitative estimate of drug-likeness (QED) is 0.341. The van der Waals surface area contributed by atoms with Crippen LogP contribution < -0.4 is 0 Å². The third kappa shape index (κ3) is 4.50. The Morgan fingerprint density at radius 3 is 1.77 bits per heavy atom. The molecule has 4 heterocycles. The smallest absolute Gasteiger partial charge is 0.261 e. The minimum absolute atomic E-state index is 0.174. The Morgan fingerprint density at radius 1 is 0.743 bits per heavy atom. The van der Waals surface area contributed by atoms with Crippen molar-refractivity contribution in [2.45, 2.75) is 58.0 Å². The summed E-state index contributed by atoms with van der Waals surface area (Å²) < 4.78 is 0. The van der Waals surface area contributed by atoms with Crippen molar-refractivity contribution >= 4 is 11.8 Å². The Balaban J connectivity index is 1.32. The molecular weight excluding hydrogens is 436 g/mol. The number of hydrogen-bond donors (Lipinski definition) is 0. The van der Waals surface area contributed by atoms with Crippen molar-refractivity contribution in [3.8, 4) is 0 Å². The largest absolute Gasteiger partial charge is 0.286 e. The Bertz CT molecular complexity index is 1150. The van der Waals surface area contributed by atoms with E-state index in [1.165, 1.54) is 16.0 Å². The van der Waals surface area contributed by atoms with Gasteiger partial charge in [-0.05, 0) is 87.9 Å². The van der Waals surface area contributed by atoms with E-state index in [0.717, 1.165) is 50.0 Å². The fourth-order valence-corrected chi connectivity index (χ4v) is 5.65. The van der Waals surface area contributed by atoms with E-state index in [1.807, 2.05) is 36.7 Å². The lowest BCUT2D eigenvalue weighted by Crippen LogP contribution is -2.39. The standard InChI is InChI=1S/C29H32N4O2/c1-20-10-8-16-30-26(20)24-14-7-15-25(27-21(2)11-9-17-31-27)32(24)18-5-6-19-33-28(34)22-12-3-4-13-23(22)29(33)35/h3-4,8-13,16-17,24-25H,5-7,14-15,18-19H2,1-2H3/t24-,25+. The summed E-state index contributed by atoms with van der Waals surface area (Å²) in [6, 6.07) is 15.8. The fraction of sp³-hybridized carbons (Fsp3) is 0.379. The summed E-state index contributed by atoms with van der Waals surface area (Å²) in [5.41, 5.74) is 5.76. The van der Waals surface area contributed by atoms with E-state index in [-0.39, 0.29) is 23.9 Å². The Labute approximate surface area is 207 Å². The van der Waals surface area contributed by atoms with Gasteiger partial charge in [0, 0.05) is 18.9 Å². The number of unbranched alkanes of at least 4 members (excludes halogenated alkanes) is 1. The lowest BCUT2D eigenvalue weighted by atomic mass is 9.88. The van der Waals surface area contributed by atoms with Gasteiger partial charge in [-0.15, -0.1) is 0 Å². The second-order valence-electron chi connectivity index (χ2n) is 9.63. The summed E-state index contributed by atoms with van der Waals surface area (Å²) in [5.74, 6) is -0.347. The molecule has 0 radical (unpaired) electrons. The van der Waals surface area contributed by atoms with Crippen molar-refractivity contribution in [1.29, 1.82) is 0 Å². The van der Waals surface area contributed by atoms with Gasteiger partial charge in [-0.2, -0.15) is 0 Å². The molecule has 0 N–H and O–H groups in total. The Hall–Kier alpha value is -3.38. The van der Waals surface area contributed by atoms with Crippen LogP contribution in [0.1, 0.15) is 87.4 Å². The molecule has 6 nitrogen and oxygen atoms in total. The van der Waals surface area contributed by atoms with Crippen molar-refractivity contribution in [3.05, 3.63) is 94.6 Å². The van der Waals surface area contributed by atoms with Crippen LogP contribution >= 0.6 is 0 Å². The molecule has 1 saturated heterocycles. The van der Waals surface area contributed by atoms with Crippen LogP contribution in [0, 0.1) is 13.8 Å². The van der Waals surface area contributed by atoms with Crippen LogP contribution in [-0.4, -0.2) is 44.7 Å². The predicted molar refractivity (Wildman–Crippen MR) is 135 cm³/mol. The molecule has 2 aromatic heterocycles. The summed E-state index contributed by atoms with van der Waals surface area (Å²) in [6.07, 6.45) is 8.70. The summed E-state index contributed by atoms with van der Waals surface area (Å²) in [4.78, 5) is 39.0. The predicted octanol–water partition coefficient (Wildman–Crippen LogP) is 5.44. The van der Waals surface area contributed by atoms with Crippen molar-refractivity contribution < 1.29 is 9.59 Å². The first-order chi connectivity index (χ1) is 17.1. The first-order valence-corrected chi connectivity index (χ1v) is 12.6. The van der Waals surface area contributed by atoms with E-state index in [2.05, 4.69) is 30.9 Å². The number of benzene rings is 1. The normalized spacial score (nSPS) is 20.3. The van der Waals surface area contributed by atoms with Crippen molar-refractivity contribution in [3.63, 3.8) is 0 Å². The molecule has 2 aliphatic heterocycles. The number of carbonyl (C=O) groups is 2. The highest BCUT2D eigenvalue weighted by Crippen LogP contribution is 2.42. The lowest BCUT2D eigenvalue weighted by Gasteiger charge is -2.42. The number of fused-ring (bicyclic) bond motifs is 1. The topological polar surface area (TPSA) is 66.4 Å². The number of rotatable bonds is 7. The third-order valence-corrected chi connectivity index (χ3v) is 7.41. The molecule has 0 saturated carbocycles. The zero-order valence-corrected chi connectivity index (χ0v) is 20.5. The van der Waals surface area contributed by atoms with Gasteiger partial charge in [0.1, 0.15) is 0 Å². The van der Waals surface area contributed by atoms with Gasteiger partial charge in [-0.25, -0.2) is 0 Å². The van der Waals surface area contributed by atoms with Gasteiger partial charge in [0.05, 0.1) is 34.6 Å². The highest BCUT2D eigenvalue weighted by Gasteiger charge is 2.36. The highest BCUT2D eigenvalue weighted by molar-refractivity contribution is 6.21. The number of nitrogens with zero attached hydrogens (tertiary/aromatic N) is 4. The average Bonchev–Trinajstić information content (AvgIpc) is 3.12. The van der Waals surface area contributed by atoms with Gasteiger partial charge in [-0.3, -0.25) is 29.4 Å². The molecule has 0 aliphatic carbocycles. The molecule has 2 atom stereocenters. The second kappa shape index (κ2) is 10.1. The van der Waals surface area contributed by atoms with Crippen LogP contribution in [0.5, 0.6) is 0 Å². The number of pyridine rings is 2. The first kappa shape index (κ1) is 23.4. The van der Waals surface area contributed by atoms with E-state index in [4.69, 9.17) is 9.97 Å². The molecule has 5 rings (SSSR count). The van der Waals surface area contributed by atoms with E-state index in [9.17, 15) is 9.59 Å². The Morgan fingerprint density at radius 2 is 1.26 bits per heavy atom. The van der Waals surface area contributed by atoms with Gasteiger partial charge >= 0.3 is 0 Å². The van der Waals surface area contributed by atoms with E-state index < -0.39 is 0 Å². The Kier molecular flexibility index (Phi) is 6.73. The number of carbonyl (C=O) groups excluding carboxylic acids is 2. The average molecular weight is 469 g/mol. The summed E-state index contributed by atoms with van der Waals surface area (Å²) in [6.45, 7) is 5.59. The fourth-order valence-electron chi connectivity index (χ4n) is 5.65. The van der Waals surface area contributed by atoms with Crippen LogP contribution in [0.4, 0.5) is 0 Å². The number of piperidine rings is 1. The highest BCUT2D eigenvalue weighted by atomic mass is 16.2. The molecule has 35 heavy (non-hydrogen) atoms. The molecule has 0 spiro atoms. The number of aryl methyl sites for hydroxylation is 2. The molecule has 6 heteroatoms. The van der Waals surface area contributed by atoms with Crippen LogP contribution in [0.3, 0.4) is 0 Å². The first-order valence-electron chi connectivity index (χ1n) is 12.6. The molecule has 0 bridgehead atoms. The zero-order valence-electron chi connectivity index (χ0n) is 20.5. The van der Waals surface area contributed by atoms with E-state index >= 15 is 0 Å². The van der Waals surface area contributed by atoms with Gasteiger partial charge in [0.15, 0.2) is 0 Å². The maximum atomic E-state index is 12.7. The van der Waals surface area contributed by atoms with E-state index in [0.29, 0.717) is 17.7 Å². The van der Waals surface area contributed by atoms with Crippen molar-refractivity contribution in [2.24, 2.45) is 0 Å². The summed E-state index contributed by atoms with van der Waals surface area (Å²) in [7, 11) is 0. The van der Waals surface area contributed by atoms with Crippen LogP contribution in [0.15, 0.2) is 60.9 Å². The minimum Gasteiger partial charge on any atom is -0.286 e. The number of imide groups is 1. The van der Waals surface area contributed by atoms with Crippen LogP contribution in [0.2, 0.25) is 0 Å². The molecule has 1 aromatic carbocycles. The van der Waals surface area contributed by atoms with Gasteiger partial charge in [0.2, 0.25) is 0 Å². The monoisotopic (exact) mass is 468 g/mol. The van der Waals surface area contributed by atoms with E-state index in [1.54, 1.807) is 12.1 Å². The zero-order chi connectivity index (χ0) is 24.4. The van der Waals surface area contributed by atoms with Crippen molar-refractivity contribution in [2.75, 3.05) is 13.1 Å². The number of likely N-dealkylation sites (tertiary alicyclic amines) is 1. The SMILES string of the molecule is Cc1cccnc1[C@H]1CCC[C@@H](c2ncccc2C)N1CCCCN1C(=O)c2ccccc2C1=O. The van der Waals surface area contributed by atoms with Gasteiger partial charge < -0.3 is 0 Å². The molecule has 2 amide bonds. The summed E-state index contributed by atoms with van der Waals surface area (Å²) >= 11 is 0. The molecule has 3 aromatic rings. The number of hydrogen-bond acceptors (Lipinski definition) is 5. The second-order valence-corrected chi connectivity index (χ2v) is 9.63. The van der Waals surface area contributed by atoms with Gasteiger partial charge in [-0.1, -0.05) is 24.3 Å². The minimum atomic E-state index is -0.174. The molecule has 2 aliphatic rings. The molecular formula is C29H32N4O2. The molecule has 0 unspecified atom stereocenters. The maximum Gasteiger partial charge on any atom is 0.261 e. The summed E-state index contributed by atoms with van der Waals surface area (Å²) in [5, 5.41) is 0. The third-order valence-electron chi connectivity index (χ3n) is 7.41. The number of amides is 2. The lowest BCUT2D eigenvalue weighted by molar-refractivity contribution is 0.0623. The molecule has 1 fully saturated rings.